The van der Waals surface area contributed by atoms with Gasteiger partial charge in [0.15, 0.2) is 0 Å². The number of rotatable bonds is 7. The van der Waals surface area contributed by atoms with Crippen LogP contribution in [0.2, 0.25) is 0 Å². The summed E-state index contributed by atoms with van der Waals surface area (Å²) in [5.41, 5.74) is 3.78. The Morgan fingerprint density at radius 3 is 1.92 bits per heavy atom. The molecule has 1 aliphatic rings. The fourth-order valence-electron chi connectivity index (χ4n) is 5.10. The second-order valence-electron chi connectivity index (χ2n) is 9.89. The van der Waals surface area contributed by atoms with Gasteiger partial charge in [-0.2, -0.15) is 0 Å². The number of aliphatic hydroxyl groups is 1. The van der Waals surface area contributed by atoms with Crippen molar-refractivity contribution in [1.82, 2.24) is 9.47 Å². The summed E-state index contributed by atoms with van der Waals surface area (Å²) in [5, 5.41) is 11.4. The number of aryl methyl sites for hydroxylation is 1. The molecule has 0 radical (unpaired) electrons. The van der Waals surface area contributed by atoms with Gasteiger partial charge in [-0.25, -0.2) is 0 Å². The molecule has 1 aromatic heterocycles. The molecule has 1 amide bonds. The van der Waals surface area contributed by atoms with E-state index in [2.05, 4.69) is 0 Å². The van der Waals surface area contributed by atoms with Gasteiger partial charge in [0.25, 0.3) is 5.56 Å². The lowest BCUT2D eigenvalue weighted by atomic mass is 9.90. The fourth-order valence-corrected chi connectivity index (χ4v) is 5.10. The van der Waals surface area contributed by atoms with Gasteiger partial charge in [-0.15, -0.1) is 0 Å². The van der Waals surface area contributed by atoms with Crippen molar-refractivity contribution in [2.45, 2.75) is 37.8 Å². The summed E-state index contributed by atoms with van der Waals surface area (Å²) in [5.74, 6) is 0.113. The number of hydrogen-bond donors (Lipinski definition) is 1. The van der Waals surface area contributed by atoms with Gasteiger partial charge in [-0.1, -0.05) is 91.0 Å². The average Bonchev–Trinajstić information content (AvgIpc) is 2.94. The van der Waals surface area contributed by atoms with Gasteiger partial charge in [0, 0.05) is 37.3 Å². The summed E-state index contributed by atoms with van der Waals surface area (Å²) in [4.78, 5) is 27.8. The molecule has 0 saturated carbocycles. The Morgan fingerprint density at radius 2 is 1.32 bits per heavy atom. The van der Waals surface area contributed by atoms with Crippen LogP contribution in [0.3, 0.4) is 0 Å². The SMILES string of the molecule is O=C(CCc1ccccc1)N1CCC(O)(Cn2cc(-c3ccccc3)c(-c3ccccc3)cc2=O)CC1. The molecule has 1 saturated heterocycles. The zero-order valence-corrected chi connectivity index (χ0v) is 20.9. The molecule has 0 bridgehead atoms. The third-order valence-corrected chi connectivity index (χ3v) is 7.28. The van der Waals surface area contributed by atoms with Crippen LogP contribution in [0.15, 0.2) is 108 Å². The normalized spacial score (nSPS) is 14.9. The van der Waals surface area contributed by atoms with E-state index in [4.69, 9.17) is 0 Å². The smallest absolute Gasteiger partial charge is 0.251 e. The Bertz CT molecular complexity index is 1390. The highest BCUT2D eigenvalue weighted by atomic mass is 16.3. The topological polar surface area (TPSA) is 62.5 Å². The van der Waals surface area contributed by atoms with Crippen molar-refractivity contribution >= 4 is 5.91 Å². The van der Waals surface area contributed by atoms with Gasteiger partial charge in [-0.05, 0) is 41.5 Å². The molecule has 4 aromatic rings. The van der Waals surface area contributed by atoms with Crippen molar-refractivity contribution in [2.24, 2.45) is 0 Å². The van der Waals surface area contributed by atoms with Crippen LogP contribution in [0.5, 0.6) is 0 Å². The van der Waals surface area contributed by atoms with Crippen LogP contribution >= 0.6 is 0 Å². The number of piperidine rings is 1. The maximum Gasteiger partial charge on any atom is 0.251 e. The maximum atomic E-state index is 13.2. The molecule has 188 valence electrons. The molecule has 5 nitrogen and oxygen atoms in total. The van der Waals surface area contributed by atoms with Gasteiger partial charge in [0.05, 0.1) is 12.1 Å². The first-order valence-electron chi connectivity index (χ1n) is 12.9. The van der Waals surface area contributed by atoms with E-state index in [-0.39, 0.29) is 18.0 Å². The molecule has 0 atom stereocenters. The van der Waals surface area contributed by atoms with Crippen molar-refractivity contribution in [2.75, 3.05) is 13.1 Å². The summed E-state index contributed by atoms with van der Waals surface area (Å²) in [6, 6.07) is 31.6. The molecule has 3 aromatic carbocycles. The van der Waals surface area contributed by atoms with Gasteiger partial charge < -0.3 is 14.6 Å². The quantitative estimate of drug-likeness (QED) is 0.387. The van der Waals surface area contributed by atoms with E-state index in [1.807, 2.05) is 102 Å². The highest BCUT2D eigenvalue weighted by Crippen LogP contribution is 2.32. The van der Waals surface area contributed by atoms with E-state index in [0.717, 1.165) is 27.8 Å². The highest BCUT2D eigenvalue weighted by molar-refractivity contribution is 5.82. The zero-order chi connectivity index (χ0) is 25.7. The van der Waals surface area contributed by atoms with Gasteiger partial charge in [0.1, 0.15) is 0 Å². The Kier molecular flexibility index (Phi) is 7.33. The number of benzene rings is 3. The first-order chi connectivity index (χ1) is 18.0. The number of nitrogens with zero attached hydrogens (tertiary/aromatic N) is 2. The first kappa shape index (κ1) is 24.7. The van der Waals surface area contributed by atoms with Crippen LogP contribution < -0.4 is 5.56 Å². The number of hydrogen-bond acceptors (Lipinski definition) is 3. The number of carbonyl (C=O) groups is 1. The molecule has 2 heterocycles. The number of pyridine rings is 1. The fraction of sp³-hybridized carbons (Fsp3) is 0.250. The number of amides is 1. The lowest BCUT2D eigenvalue weighted by Crippen LogP contribution is -2.49. The minimum atomic E-state index is -1.04. The first-order valence-corrected chi connectivity index (χ1v) is 12.9. The van der Waals surface area contributed by atoms with Crippen LogP contribution in [0, 0.1) is 0 Å². The minimum Gasteiger partial charge on any atom is -0.388 e. The van der Waals surface area contributed by atoms with Crippen LogP contribution in [0.25, 0.3) is 22.3 Å². The average molecular weight is 493 g/mol. The standard InChI is InChI=1S/C32H32N2O3/c35-30(17-16-25-10-4-1-5-11-25)33-20-18-32(37,19-21-33)24-34-23-29(27-14-8-3-9-15-27)28(22-31(34)36)26-12-6-2-7-13-26/h1-15,22-23,37H,16-21,24H2. The van der Waals surface area contributed by atoms with E-state index in [1.54, 1.807) is 10.6 Å². The van der Waals surface area contributed by atoms with E-state index in [1.165, 1.54) is 0 Å². The van der Waals surface area contributed by atoms with Crippen LogP contribution in [-0.4, -0.2) is 39.2 Å². The molecule has 37 heavy (non-hydrogen) atoms. The number of carbonyl (C=O) groups excluding carboxylic acids is 1. The largest absolute Gasteiger partial charge is 0.388 e. The highest BCUT2D eigenvalue weighted by Gasteiger charge is 2.34. The van der Waals surface area contributed by atoms with E-state index in [0.29, 0.717) is 38.8 Å². The summed E-state index contributed by atoms with van der Waals surface area (Å²) >= 11 is 0. The maximum absolute atomic E-state index is 13.2. The van der Waals surface area contributed by atoms with Crippen molar-refractivity contribution in [3.05, 3.63) is 119 Å². The molecule has 1 N–H and O–H groups in total. The third kappa shape index (κ3) is 5.89. The van der Waals surface area contributed by atoms with Crippen molar-refractivity contribution in [3.63, 3.8) is 0 Å². The van der Waals surface area contributed by atoms with Gasteiger partial charge >= 0.3 is 0 Å². The Labute approximate surface area is 217 Å². The lowest BCUT2D eigenvalue weighted by molar-refractivity contribution is -0.135. The molecule has 0 spiro atoms. The van der Waals surface area contributed by atoms with E-state index in [9.17, 15) is 14.7 Å². The van der Waals surface area contributed by atoms with Crippen LogP contribution in [-0.2, 0) is 17.8 Å². The van der Waals surface area contributed by atoms with Crippen molar-refractivity contribution < 1.29 is 9.90 Å². The molecule has 0 unspecified atom stereocenters. The monoisotopic (exact) mass is 492 g/mol. The second-order valence-corrected chi connectivity index (χ2v) is 9.89. The molecule has 5 heteroatoms. The summed E-state index contributed by atoms with van der Waals surface area (Å²) in [6.45, 7) is 1.19. The molecule has 5 rings (SSSR count). The second kappa shape index (κ2) is 11.0. The molecule has 1 fully saturated rings. The lowest BCUT2D eigenvalue weighted by Gasteiger charge is -2.38. The predicted molar refractivity (Wildman–Crippen MR) is 147 cm³/mol. The zero-order valence-electron chi connectivity index (χ0n) is 20.9. The summed E-state index contributed by atoms with van der Waals surface area (Å²) < 4.78 is 1.63. The Balaban J connectivity index is 1.31. The van der Waals surface area contributed by atoms with Gasteiger partial charge in [-0.3, -0.25) is 9.59 Å². The van der Waals surface area contributed by atoms with Crippen LogP contribution in [0.1, 0.15) is 24.8 Å². The number of aromatic nitrogens is 1. The van der Waals surface area contributed by atoms with Crippen molar-refractivity contribution in [1.29, 1.82) is 0 Å². The third-order valence-electron chi connectivity index (χ3n) is 7.28. The predicted octanol–water partition coefficient (Wildman–Crippen LogP) is 5.17. The Hall–Kier alpha value is -3.96. The van der Waals surface area contributed by atoms with E-state index < -0.39 is 5.60 Å². The molecular formula is C32H32N2O3. The van der Waals surface area contributed by atoms with Crippen LogP contribution in [0.4, 0.5) is 0 Å². The Morgan fingerprint density at radius 1 is 0.784 bits per heavy atom. The van der Waals surface area contributed by atoms with Crippen molar-refractivity contribution in [3.8, 4) is 22.3 Å². The molecular weight excluding hydrogens is 460 g/mol. The molecule has 0 aliphatic carbocycles. The molecule has 1 aliphatic heterocycles. The summed E-state index contributed by atoms with van der Waals surface area (Å²) in [6.07, 6.45) is 3.93. The van der Waals surface area contributed by atoms with E-state index >= 15 is 0 Å². The number of likely N-dealkylation sites (tertiary alicyclic amines) is 1. The minimum absolute atomic E-state index is 0.113. The van der Waals surface area contributed by atoms with Gasteiger partial charge in [0.2, 0.25) is 5.91 Å². The summed E-state index contributed by atoms with van der Waals surface area (Å²) in [7, 11) is 0.